The second kappa shape index (κ2) is 9.71. The standard InChI is InChI=1S/C21H25F2N5O5/c22-21(23)33-14-4-3-12(7-15(14)31-10-11-1-2-11)19-27-17(16(8-24)32-19)20(30)28-6-5-26-9-13(28)18(25)29/h3-4,7,11,13,21,26H,1-2,5-6,8-10,24H2,(H2,25,29). The van der Waals surface area contributed by atoms with Crippen LogP contribution in [0, 0.1) is 5.92 Å². The van der Waals surface area contributed by atoms with Crippen molar-refractivity contribution in [2.75, 3.05) is 26.2 Å². The summed E-state index contributed by atoms with van der Waals surface area (Å²) in [6, 6.07) is 3.44. The summed E-state index contributed by atoms with van der Waals surface area (Å²) in [4.78, 5) is 30.6. The number of benzene rings is 1. The van der Waals surface area contributed by atoms with Gasteiger partial charge in [0.25, 0.3) is 5.91 Å². The van der Waals surface area contributed by atoms with Crippen LogP contribution in [-0.2, 0) is 11.3 Å². The number of carbonyl (C=O) groups is 2. The van der Waals surface area contributed by atoms with E-state index in [9.17, 15) is 18.4 Å². The Morgan fingerprint density at radius 3 is 2.76 bits per heavy atom. The van der Waals surface area contributed by atoms with E-state index in [0.29, 0.717) is 24.6 Å². The molecule has 2 aliphatic rings. The first kappa shape index (κ1) is 22.9. The summed E-state index contributed by atoms with van der Waals surface area (Å²) in [5.74, 6) is -0.578. The zero-order valence-electron chi connectivity index (χ0n) is 17.8. The van der Waals surface area contributed by atoms with Gasteiger partial charge in [-0.2, -0.15) is 8.78 Å². The molecule has 0 bridgehead atoms. The number of piperazine rings is 1. The lowest BCUT2D eigenvalue weighted by atomic mass is 10.1. The van der Waals surface area contributed by atoms with Crippen LogP contribution < -0.4 is 26.3 Å². The zero-order valence-corrected chi connectivity index (χ0v) is 17.8. The van der Waals surface area contributed by atoms with Gasteiger partial charge in [-0.3, -0.25) is 9.59 Å². The normalized spacial score (nSPS) is 18.4. The highest BCUT2D eigenvalue weighted by Gasteiger charge is 2.34. The van der Waals surface area contributed by atoms with Crippen LogP contribution in [0.3, 0.4) is 0 Å². The molecular formula is C21H25F2N5O5. The van der Waals surface area contributed by atoms with Crippen LogP contribution in [0.15, 0.2) is 22.6 Å². The minimum atomic E-state index is -3.01. The Bertz CT molecular complexity index is 1030. The Balaban J connectivity index is 1.63. The summed E-state index contributed by atoms with van der Waals surface area (Å²) in [6.45, 7) is -1.76. The number of aromatic nitrogens is 1. The van der Waals surface area contributed by atoms with Crippen LogP contribution in [0.4, 0.5) is 8.78 Å². The van der Waals surface area contributed by atoms with E-state index < -0.39 is 24.5 Å². The number of primary amides is 1. The number of rotatable bonds is 9. The first-order valence-corrected chi connectivity index (χ1v) is 10.6. The van der Waals surface area contributed by atoms with E-state index in [1.165, 1.54) is 23.1 Å². The van der Waals surface area contributed by atoms with Crippen LogP contribution in [0.1, 0.15) is 29.1 Å². The van der Waals surface area contributed by atoms with Gasteiger partial charge in [-0.15, -0.1) is 0 Å². The van der Waals surface area contributed by atoms with Gasteiger partial charge >= 0.3 is 6.61 Å². The van der Waals surface area contributed by atoms with Gasteiger partial charge in [-0.05, 0) is 37.0 Å². The molecule has 33 heavy (non-hydrogen) atoms. The first-order valence-electron chi connectivity index (χ1n) is 10.6. The predicted molar refractivity (Wildman–Crippen MR) is 112 cm³/mol. The molecule has 0 radical (unpaired) electrons. The van der Waals surface area contributed by atoms with Crippen LogP contribution >= 0.6 is 0 Å². The number of halogens is 2. The third-order valence-corrected chi connectivity index (χ3v) is 5.50. The van der Waals surface area contributed by atoms with Gasteiger partial charge in [0, 0.05) is 25.2 Å². The second-order valence-corrected chi connectivity index (χ2v) is 7.91. The van der Waals surface area contributed by atoms with E-state index in [0.717, 1.165) is 12.8 Å². The Hall–Kier alpha value is -3.25. The summed E-state index contributed by atoms with van der Waals surface area (Å²) in [5, 5.41) is 3.02. The molecule has 1 aromatic heterocycles. The third kappa shape index (κ3) is 5.22. The molecule has 12 heteroatoms. The predicted octanol–water partition coefficient (Wildman–Crippen LogP) is 1.09. The lowest BCUT2D eigenvalue weighted by Gasteiger charge is -2.33. The summed E-state index contributed by atoms with van der Waals surface area (Å²) >= 11 is 0. The van der Waals surface area contributed by atoms with Crippen molar-refractivity contribution in [2.45, 2.75) is 32.0 Å². The average Bonchev–Trinajstić information content (AvgIpc) is 3.53. The van der Waals surface area contributed by atoms with E-state index in [1.54, 1.807) is 0 Å². The molecule has 2 heterocycles. The Kier molecular flexibility index (Phi) is 6.75. The molecule has 4 rings (SSSR count). The molecule has 1 aliphatic carbocycles. The van der Waals surface area contributed by atoms with E-state index >= 15 is 0 Å². The highest BCUT2D eigenvalue weighted by atomic mass is 19.3. The molecule has 1 aromatic carbocycles. The maximum atomic E-state index is 13.1. The molecule has 1 saturated heterocycles. The number of nitrogens with zero attached hydrogens (tertiary/aromatic N) is 2. The Morgan fingerprint density at radius 2 is 2.09 bits per heavy atom. The fourth-order valence-corrected chi connectivity index (χ4v) is 3.56. The quantitative estimate of drug-likeness (QED) is 0.499. The van der Waals surface area contributed by atoms with Crippen LogP contribution in [-0.4, -0.2) is 60.6 Å². The van der Waals surface area contributed by atoms with Crippen molar-refractivity contribution in [3.8, 4) is 23.0 Å². The van der Waals surface area contributed by atoms with Crippen LogP contribution in [0.25, 0.3) is 11.5 Å². The van der Waals surface area contributed by atoms with Crippen molar-refractivity contribution < 1.29 is 32.3 Å². The minimum absolute atomic E-state index is 0.0333. The maximum Gasteiger partial charge on any atom is 0.387 e. The molecule has 1 saturated carbocycles. The van der Waals surface area contributed by atoms with Crippen molar-refractivity contribution >= 4 is 11.8 Å². The summed E-state index contributed by atoms with van der Waals surface area (Å²) in [5.41, 5.74) is 11.6. The fourth-order valence-electron chi connectivity index (χ4n) is 3.56. The van der Waals surface area contributed by atoms with E-state index in [4.69, 9.17) is 20.6 Å². The zero-order chi connectivity index (χ0) is 23.5. The highest BCUT2D eigenvalue weighted by molar-refractivity contribution is 5.97. The lowest BCUT2D eigenvalue weighted by Crippen LogP contribution is -2.58. The number of carbonyl (C=O) groups excluding carboxylic acids is 2. The summed E-state index contributed by atoms with van der Waals surface area (Å²) in [6.07, 6.45) is 2.04. The van der Waals surface area contributed by atoms with Crippen molar-refractivity contribution in [1.82, 2.24) is 15.2 Å². The molecule has 2 aromatic rings. The molecule has 10 nitrogen and oxygen atoms in total. The topological polar surface area (TPSA) is 146 Å². The molecule has 1 unspecified atom stereocenters. The van der Waals surface area contributed by atoms with E-state index in [1.807, 2.05) is 0 Å². The van der Waals surface area contributed by atoms with Gasteiger partial charge in [0.2, 0.25) is 11.8 Å². The largest absolute Gasteiger partial charge is 0.489 e. The van der Waals surface area contributed by atoms with E-state index in [2.05, 4.69) is 15.0 Å². The SMILES string of the molecule is NCc1oc(-c2ccc(OC(F)F)c(OCC3CC3)c2)nc1C(=O)N1CCNCC1C(N)=O. The fraction of sp³-hybridized carbons (Fsp3) is 0.476. The molecule has 0 spiro atoms. The van der Waals surface area contributed by atoms with Crippen LogP contribution in [0.5, 0.6) is 11.5 Å². The smallest absolute Gasteiger partial charge is 0.387 e. The van der Waals surface area contributed by atoms with Gasteiger partial charge in [-0.1, -0.05) is 0 Å². The highest BCUT2D eigenvalue weighted by Crippen LogP contribution is 2.36. The summed E-state index contributed by atoms with van der Waals surface area (Å²) in [7, 11) is 0. The maximum absolute atomic E-state index is 13.1. The lowest BCUT2D eigenvalue weighted by molar-refractivity contribution is -0.122. The van der Waals surface area contributed by atoms with Gasteiger partial charge in [-0.25, -0.2) is 4.98 Å². The minimum Gasteiger partial charge on any atom is -0.489 e. The number of nitrogens with two attached hydrogens (primary N) is 2. The molecule has 1 atom stereocenters. The van der Waals surface area contributed by atoms with Crippen molar-refractivity contribution in [1.29, 1.82) is 0 Å². The van der Waals surface area contributed by atoms with Crippen molar-refractivity contribution in [2.24, 2.45) is 17.4 Å². The van der Waals surface area contributed by atoms with Crippen LogP contribution in [0.2, 0.25) is 0 Å². The van der Waals surface area contributed by atoms with Crippen molar-refractivity contribution in [3.63, 3.8) is 0 Å². The average molecular weight is 465 g/mol. The molecule has 1 aliphatic heterocycles. The second-order valence-electron chi connectivity index (χ2n) is 7.91. The van der Waals surface area contributed by atoms with Gasteiger partial charge < -0.3 is 35.6 Å². The summed E-state index contributed by atoms with van der Waals surface area (Å²) < 4.78 is 41.5. The van der Waals surface area contributed by atoms with Gasteiger partial charge in [0.05, 0.1) is 13.2 Å². The number of amides is 2. The molecule has 2 fully saturated rings. The van der Waals surface area contributed by atoms with Gasteiger partial charge in [0.15, 0.2) is 23.0 Å². The number of ether oxygens (including phenoxy) is 2. The molecule has 2 amide bonds. The van der Waals surface area contributed by atoms with E-state index in [-0.39, 0.29) is 48.5 Å². The number of hydrogen-bond acceptors (Lipinski definition) is 8. The number of hydrogen-bond donors (Lipinski definition) is 3. The monoisotopic (exact) mass is 465 g/mol. The van der Waals surface area contributed by atoms with Gasteiger partial charge in [0.1, 0.15) is 6.04 Å². The molecule has 5 N–H and O–H groups in total. The number of nitrogens with one attached hydrogen (secondary N) is 1. The number of alkyl halides is 2. The molecular weight excluding hydrogens is 440 g/mol. The Labute approximate surface area is 188 Å². The van der Waals surface area contributed by atoms with Crippen molar-refractivity contribution in [3.05, 3.63) is 29.7 Å². The Morgan fingerprint density at radius 1 is 1.30 bits per heavy atom. The molecule has 178 valence electrons. The first-order chi connectivity index (χ1) is 15.9. The number of oxazole rings is 1. The third-order valence-electron chi connectivity index (χ3n) is 5.50.